The van der Waals surface area contributed by atoms with E-state index in [0.717, 1.165) is 23.7 Å². The van der Waals surface area contributed by atoms with Gasteiger partial charge >= 0.3 is 0 Å². The average molecular weight is 180 g/mol. The van der Waals surface area contributed by atoms with Gasteiger partial charge in [0.15, 0.2) is 0 Å². The van der Waals surface area contributed by atoms with Crippen LogP contribution in [-0.4, -0.2) is 0 Å². The molecule has 0 bridgehead atoms. The summed E-state index contributed by atoms with van der Waals surface area (Å²) in [5.41, 5.74) is 0.614. The smallest absolute Gasteiger partial charge is 0.0319 e. The van der Waals surface area contributed by atoms with E-state index in [1.54, 1.807) is 0 Å². The van der Waals surface area contributed by atoms with Crippen LogP contribution in [0.4, 0.5) is 0 Å². The number of hydrogen-bond donors (Lipinski definition) is 0. The van der Waals surface area contributed by atoms with Crippen molar-refractivity contribution < 1.29 is 0 Å². The maximum atomic E-state index is 2.48. The zero-order valence-corrected chi connectivity index (χ0v) is 9.64. The van der Waals surface area contributed by atoms with Crippen LogP contribution in [0, 0.1) is 29.1 Å². The van der Waals surface area contributed by atoms with Crippen molar-refractivity contribution in [3.8, 4) is 0 Å². The number of hydrogen-bond acceptors (Lipinski definition) is 0. The summed E-state index contributed by atoms with van der Waals surface area (Å²) in [7, 11) is 0. The zero-order valence-electron chi connectivity index (χ0n) is 9.64. The van der Waals surface area contributed by atoms with E-state index in [0.29, 0.717) is 5.41 Å². The van der Waals surface area contributed by atoms with Crippen molar-refractivity contribution in [2.45, 2.75) is 53.4 Å². The highest BCUT2D eigenvalue weighted by molar-refractivity contribution is 5.07. The molecule has 2 saturated carbocycles. The van der Waals surface area contributed by atoms with Gasteiger partial charge in [-0.2, -0.15) is 0 Å². The first-order valence-electron chi connectivity index (χ1n) is 6.11. The minimum Gasteiger partial charge on any atom is -0.0651 e. The second kappa shape index (κ2) is 3.00. The van der Waals surface area contributed by atoms with Crippen molar-refractivity contribution in [3.05, 3.63) is 0 Å². The van der Waals surface area contributed by atoms with E-state index in [9.17, 15) is 0 Å². The maximum absolute atomic E-state index is 2.48. The molecule has 2 aliphatic carbocycles. The topological polar surface area (TPSA) is 0 Å². The SMILES string of the molecule is CCC1C2C(C(C)(C)CC)CC[C@H]12. The minimum atomic E-state index is 0.614. The average Bonchev–Trinajstić information content (AvgIpc) is 2.62. The van der Waals surface area contributed by atoms with Gasteiger partial charge in [-0.3, -0.25) is 0 Å². The summed E-state index contributed by atoms with van der Waals surface area (Å²) >= 11 is 0. The van der Waals surface area contributed by atoms with Gasteiger partial charge in [-0.1, -0.05) is 40.5 Å². The highest BCUT2D eigenvalue weighted by Crippen LogP contribution is 2.66. The molecule has 0 spiro atoms. The van der Waals surface area contributed by atoms with E-state index in [4.69, 9.17) is 0 Å². The van der Waals surface area contributed by atoms with Gasteiger partial charge in [-0.15, -0.1) is 0 Å². The van der Waals surface area contributed by atoms with Crippen LogP contribution >= 0.6 is 0 Å². The molecule has 0 aromatic carbocycles. The Kier molecular flexibility index (Phi) is 2.20. The Bertz CT molecular complexity index is 188. The van der Waals surface area contributed by atoms with Crippen molar-refractivity contribution >= 4 is 0 Å². The molecule has 0 aliphatic heterocycles. The van der Waals surface area contributed by atoms with Gasteiger partial charge in [-0.25, -0.2) is 0 Å². The summed E-state index contributed by atoms with van der Waals surface area (Å²) in [4.78, 5) is 0. The summed E-state index contributed by atoms with van der Waals surface area (Å²) in [6.45, 7) is 9.69. The van der Waals surface area contributed by atoms with Gasteiger partial charge in [0.1, 0.15) is 0 Å². The lowest BCUT2D eigenvalue weighted by Gasteiger charge is -2.32. The normalized spacial score (nSPS) is 43.4. The summed E-state index contributed by atoms with van der Waals surface area (Å²) in [6.07, 6.45) is 5.85. The first-order chi connectivity index (χ1) is 6.11. The van der Waals surface area contributed by atoms with Crippen LogP contribution < -0.4 is 0 Å². The monoisotopic (exact) mass is 180 g/mol. The lowest BCUT2D eigenvalue weighted by Crippen LogP contribution is -2.24. The van der Waals surface area contributed by atoms with Gasteiger partial charge in [-0.05, 0) is 41.9 Å². The minimum absolute atomic E-state index is 0.614. The van der Waals surface area contributed by atoms with Crippen LogP contribution in [0.25, 0.3) is 0 Å². The molecule has 0 N–H and O–H groups in total. The predicted molar refractivity (Wildman–Crippen MR) is 57.6 cm³/mol. The van der Waals surface area contributed by atoms with Crippen LogP contribution in [0.15, 0.2) is 0 Å². The molecular weight excluding hydrogens is 156 g/mol. The van der Waals surface area contributed by atoms with E-state index < -0.39 is 0 Å². The third-order valence-electron chi connectivity index (χ3n) is 5.06. The fourth-order valence-electron chi connectivity index (χ4n) is 3.79. The van der Waals surface area contributed by atoms with Gasteiger partial charge in [0, 0.05) is 0 Å². The number of fused-ring (bicyclic) bond motifs is 1. The molecule has 0 radical (unpaired) electrons. The molecule has 2 rings (SSSR count). The van der Waals surface area contributed by atoms with E-state index in [2.05, 4.69) is 27.7 Å². The van der Waals surface area contributed by atoms with Crippen LogP contribution in [0.2, 0.25) is 0 Å². The standard InChI is InChI=1S/C13H24/c1-5-9-10-7-8-11(12(9)10)13(3,4)6-2/h9-12H,5-8H2,1-4H3/t9?,10-,11?,12?/m1/s1. The van der Waals surface area contributed by atoms with Gasteiger partial charge in [0.2, 0.25) is 0 Å². The Morgan fingerprint density at radius 1 is 1.15 bits per heavy atom. The second-order valence-electron chi connectivity index (χ2n) is 5.84. The molecule has 2 aliphatic rings. The Morgan fingerprint density at radius 2 is 1.85 bits per heavy atom. The molecule has 0 heteroatoms. The van der Waals surface area contributed by atoms with Crippen LogP contribution in [0.3, 0.4) is 0 Å². The molecule has 0 heterocycles. The van der Waals surface area contributed by atoms with Gasteiger partial charge < -0.3 is 0 Å². The molecule has 76 valence electrons. The molecule has 0 aromatic heterocycles. The molecule has 4 atom stereocenters. The van der Waals surface area contributed by atoms with Crippen LogP contribution in [0.1, 0.15) is 53.4 Å². The summed E-state index contributed by atoms with van der Waals surface area (Å²) < 4.78 is 0. The third-order valence-corrected chi connectivity index (χ3v) is 5.06. The van der Waals surface area contributed by atoms with Crippen molar-refractivity contribution in [2.75, 3.05) is 0 Å². The van der Waals surface area contributed by atoms with Crippen molar-refractivity contribution in [2.24, 2.45) is 29.1 Å². The van der Waals surface area contributed by atoms with E-state index in [1.165, 1.54) is 25.7 Å². The predicted octanol–water partition coefficient (Wildman–Crippen LogP) is 4.10. The van der Waals surface area contributed by atoms with E-state index in [-0.39, 0.29) is 0 Å². The van der Waals surface area contributed by atoms with Crippen molar-refractivity contribution in [1.82, 2.24) is 0 Å². The zero-order chi connectivity index (χ0) is 9.64. The van der Waals surface area contributed by atoms with Gasteiger partial charge in [0.05, 0.1) is 0 Å². The number of rotatable bonds is 3. The second-order valence-corrected chi connectivity index (χ2v) is 5.84. The summed E-state index contributed by atoms with van der Waals surface area (Å²) in [5.74, 6) is 4.43. The Hall–Kier alpha value is 0. The molecule has 0 aromatic rings. The first-order valence-corrected chi connectivity index (χ1v) is 6.11. The lowest BCUT2D eigenvalue weighted by atomic mass is 9.73. The largest absolute Gasteiger partial charge is 0.0651 e. The summed E-state index contributed by atoms with van der Waals surface area (Å²) in [5, 5.41) is 0. The molecule has 3 unspecified atom stereocenters. The molecule has 13 heavy (non-hydrogen) atoms. The fourth-order valence-corrected chi connectivity index (χ4v) is 3.79. The van der Waals surface area contributed by atoms with Crippen molar-refractivity contribution in [3.63, 3.8) is 0 Å². The highest BCUT2D eigenvalue weighted by Gasteiger charge is 2.59. The third kappa shape index (κ3) is 1.33. The van der Waals surface area contributed by atoms with Crippen LogP contribution in [-0.2, 0) is 0 Å². The Morgan fingerprint density at radius 3 is 2.31 bits per heavy atom. The molecule has 0 saturated heterocycles. The summed E-state index contributed by atoms with van der Waals surface area (Å²) in [6, 6.07) is 0. The van der Waals surface area contributed by atoms with Crippen LogP contribution in [0.5, 0.6) is 0 Å². The van der Waals surface area contributed by atoms with E-state index >= 15 is 0 Å². The Labute approximate surface area is 83.1 Å². The Balaban J connectivity index is 2.03. The molecule has 2 fully saturated rings. The quantitative estimate of drug-likeness (QED) is 0.613. The maximum Gasteiger partial charge on any atom is -0.0319 e. The molecule has 0 nitrogen and oxygen atoms in total. The lowest BCUT2D eigenvalue weighted by molar-refractivity contribution is 0.174. The molecular formula is C13H24. The van der Waals surface area contributed by atoms with Crippen molar-refractivity contribution in [1.29, 1.82) is 0 Å². The van der Waals surface area contributed by atoms with E-state index in [1.807, 2.05) is 0 Å². The van der Waals surface area contributed by atoms with Gasteiger partial charge in [0.25, 0.3) is 0 Å². The first kappa shape index (κ1) is 9.55. The fraction of sp³-hybridized carbons (Fsp3) is 1.00. The highest BCUT2D eigenvalue weighted by atomic mass is 14.6. The molecule has 0 amide bonds.